The summed E-state index contributed by atoms with van der Waals surface area (Å²) in [5, 5.41) is 19.1. The molecule has 4 aromatic heterocycles. The molecule has 1 saturated heterocycles. The van der Waals surface area contributed by atoms with E-state index in [4.69, 9.17) is 4.98 Å². The van der Waals surface area contributed by atoms with Crippen LogP contribution in [0.3, 0.4) is 0 Å². The van der Waals surface area contributed by atoms with Crippen molar-refractivity contribution in [2.24, 2.45) is 7.05 Å². The molecule has 5 rings (SSSR count). The van der Waals surface area contributed by atoms with Gasteiger partial charge in [0, 0.05) is 86.4 Å². The van der Waals surface area contributed by atoms with Crippen molar-refractivity contribution < 1.29 is 0 Å². The quantitative estimate of drug-likeness (QED) is 0.392. The van der Waals surface area contributed by atoms with Gasteiger partial charge >= 0.3 is 0 Å². The van der Waals surface area contributed by atoms with Crippen molar-refractivity contribution in [1.82, 2.24) is 29.3 Å². The van der Waals surface area contributed by atoms with E-state index in [1.165, 1.54) is 5.75 Å². The van der Waals surface area contributed by atoms with E-state index in [0.717, 1.165) is 66.3 Å². The Hall–Kier alpha value is -3.35. The third-order valence-corrected chi connectivity index (χ3v) is 7.47. The number of nitriles is 1. The lowest BCUT2D eigenvalue weighted by Gasteiger charge is -2.35. The molecule has 0 saturated carbocycles. The molecule has 1 aliphatic heterocycles. The number of aryl methyl sites for hydroxylation is 1. The zero-order chi connectivity index (χ0) is 24.4. The first-order valence-electron chi connectivity index (χ1n) is 12.0. The number of anilines is 1. The Labute approximate surface area is 210 Å². The monoisotopic (exact) mass is 486 g/mol. The van der Waals surface area contributed by atoms with Crippen LogP contribution in [0.2, 0.25) is 0 Å². The van der Waals surface area contributed by atoms with E-state index in [2.05, 4.69) is 58.1 Å². The van der Waals surface area contributed by atoms with E-state index < -0.39 is 0 Å². The third kappa shape index (κ3) is 5.04. The molecule has 1 aliphatic rings. The van der Waals surface area contributed by atoms with E-state index in [1.807, 2.05) is 43.6 Å². The lowest BCUT2D eigenvalue weighted by atomic mass is 10.0. The minimum absolute atomic E-state index is 0.550. The minimum Gasteiger partial charge on any atom is -0.354 e. The molecule has 1 fully saturated rings. The highest BCUT2D eigenvalue weighted by Gasteiger charge is 2.19. The predicted molar refractivity (Wildman–Crippen MR) is 142 cm³/mol. The summed E-state index contributed by atoms with van der Waals surface area (Å²) in [5.74, 6) is 2.19. The Kier molecular flexibility index (Phi) is 6.75. The van der Waals surface area contributed by atoms with Gasteiger partial charge in [-0.2, -0.15) is 27.2 Å². The Bertz CT molecular complexity index is 1340. The van der Waals surface area contributed by atoms with Crippen molar-refractivity contribution >= 4 is 23.1 Å². The SMILES string of the molecule is CC(C)SCCN1CCN(c2ccc(-c3cc(-c4cnn(C)c4)cn4ncc(C#N)c34)cn2)CC1. The number of pyridine rings is 2. The summed E-state index contributed by atoms with van der Waals surface area (Å²) in [7, 11) is 1.90. The van der Waals surface area contributed by atoms with Gasteiger partial charge < -0.3 is 4.90 Å². The fraction of sp³-hybridized carbons (Fsp3) is 0.385. The maximum Gasteiger partial charge on any atom is 0.128 e. The van der Waals surface area contributed by atoms with Gasteiger partial charge in [0.1, 0.15) is 11.9 Å². The molecule has 0 radical (unpaired) electrons. The minimum atomic E-state index is 0.550. The molecule has 0 atom stereocenters. The zero-order valence-electron chi connectivity index (χ0n) is 20.4. The summed E-state index contributed by atoms with van der Waals surface area (Å²) < 4.78 is 3.56. The van der Waals surface area contributed by atoms with E-state index in [1.54, 1.807) is 15.4 Å². The van der Waals surface area contributed by atoms with Crippen LogP contribution in [0.1, 0.15) is 19.4 Å². The van der Waals surface area contributed by atoms with Gasteiger partial charge in [-0.1, -0.05) is 13.8 Å². The predicted octanol–water partition coefficient (Wildman–Crippen LogP) is 3.93. The van der Waals surface area contributed by atoms with Crippen molar-refractivity contribution in [3.8, 4) is 28.3 Å². The van der Waals surface area contributed by atoms with Gasteiger partial charge in [-0.3, -0.25) is 9.58 Å². The van der Waals surface area contributed by atoms with Crippen LogP contribution >= 0.6 is 11.8 Å². The van der Waals surface area contributed by atoms with Crippen LogP contribution in [0.4, 0.5) is 5.82 Å². The first-order valence-corrected chi connectivity index (χ1v) is 13.0. The fourth-order valence-corrected chi connectivity index (χ4v) is 5.34. The smallest absolute Gasteiger partial charge is 0.128 e. The molecular formula is C26H30N8S. The maximum atomic E-state index is 9.66. The van der Waals surface area contributed by atoms with Crippen molar-refractivity contribution in [1.29, 1.82) is 5.26 Å². The second-order valence-electron chi connectivity index (χ2n) is 9.16. The number of nitrogens with zero attached hydrogens (tertiary/aromatic N) is 8. The van der Waals surface area contributed by atoms with Gasteiger partial charge in [-0.25, -0.2) is 9.50 Å². The molecule has 0 aliphatic carbocycles. The average molecular weight is 487 g/mol. The van der Waals surface area contributed by atoms with Gasteiger partial charge in [-0.15, -0.1) is 0 Å². The van der Waals surface area contributed by atoms with E-state index in [0.29, 0.717) is 10.8 Å². The van der Waals surface area contributed by atoms with Gasteiger partial charge in [0.05, 0.1) is 23.5 Å². The second-order valence-corrected chi connectivity index (χ2v) is 10.8. The molecule has 0 unspecified atom stereocenters. The molecule has 0 aromatic carbocycles. The van der Waals surface area contributed by atoms with Crippen LogP contribution in [-0.2, 0) is 7.05 Å². The summed E-state index contributed by atoms with van der Waals surface area (Å²) in [6.45, 7) is 9.77. The Balaban J connectivity index is 1.37. The normalized spacial score (nSPS) is 14.7. The fourth-order valence-electron chi connectivity index (χ4n) is 4.50. The lowest BCUT2D eigenvalue weighted by Crippen LogP contribution is -2.47. The van der Waals surface area contributed by atoms with Gasteiger partial charge in [0.2, 0.25) is 0 Å². The molecule has 5 heterocycles. The summed E-state index contributed by atoms with van der Waals surface area (Å²) in [6.07, 6.45) is 9.28. The van der Waals surface area contributed by atoms with Gasteiger partial charge in [0.15, 0.2) is 0 Å². The molecule has 0 amide bonds. The summed E-state index contributed by atoms with van der Waals surface area (Å²) in [6, 6.07) is 8.57. The summed E-state index contributed by atoms with van der Waals surface area (Å²) in [4.78, 5) is 9.72. The van der Waals surface area contributed by atoms with Crippen LogP contribution in [0.25, 0.3) is 27.8 Å². The largest absolute Gasteiger partial charge is 0.354 e. The summed E-state index contributed by atoms with van der Waals surface area (Å²) >= 11 is 2.03. The lowest BCUT2D eigenvalue weighted by molar-refractivity contribution is 0.272. The highest BCUT2D eigenvalue weighted by Crippen LogP contribution is 2.32. The third-order valence-electron chi connectivity index (χ3n) is 6.38. The number of hydrogen-bond donors (Lipinski definition) is 0. The number of hydrogen-bond acceptors (Lipinski definition) is 7. The maximum absolute atomic E-state index is 9.66. The highest BCUT2D eigenvalue weighted by atomic mass is 32.2. The van der Waals surface area contributed by atoms with E-state index in [-0.39, 0.29) is 0 Å². The number of piperazine rings is 1. The van der Waals surface area contributed by atoms with Crippen LogP contribution in [0, 0.1) is 11.3 Å². The average Bonchev–Trinajstić information content (AvgIpc) is 3.50. The standard InChI is InChI=1S/C26H30N8S/c1-19(2)35-11-10-32-6-8-33(9-7-32)25-5-4-20(14-28-25)24-12-21(23-16-29-31(3)17-23)18-34-26(24)22(13-27)15-30-34/h4-5,12,14-19H,6-11H2,1-3H3. The molecule has 4 aromatic rings. The number of rotatable bonds is 7. The van der Waals surface area contributed by atoms with Gasteiger partial charge in [-0.05, 0) is 23.4 Å². The molecule has 0 N–H and O–H groups in total. The molecule has 9 heteroatoms. The molecule has 180 valence electrons. The topological polar surface area (TPSA) is 78.3 Å². The Morgan fingerprint density at radius 1 is 1.00 bits per heavy atom. The zero-order valence-corrected chi connectivity index (χ0v) is 21.2. The molecule has 35 heavy (non-hydrogen) atoms. The van der Waals surface area contributed by atoms with Crippen LogP contribution in [-0.4, -0.2) is 73.0 Å². The molecule has 0 spiro atoms. The molecule has 8 nitrogen and oxygen atoms in total. The second kappa shape index (κ2) is 10.1. The number of aromatic nitrogens is 5. The highest BCUT2D eigenvalue weighted by molar-refractivity contribution is 7.99. The van der Waals surface area contributed by atoms with Crippen molar-refractivity contribution in [2.45, 2.75) is 19.1 Å². The number of thioether (sulfide) groups is 1. The van der Waals surface area contributed by atoms with Crippen LogP contribution in [0.5, 0.6) is 0 Å². The molecule has 0 bridgehead atoms. The van der Waals surface area contributed by atoms with Crippen LogP contribution < -0.4 is 4.90 Å². The van der Waals surface area contributed by atoms with Crippen molar-refractivity contribution in [2.75, 3.05) is 43.4 Å². The first kappa shape index (κ1) is 23.4. The number of fused-ring (bicyclic) bond motifs is 1. The van der Waals surface area contributed by atoms with Crippen LogP contribution in [0.15, 0.2) is 49.2 Å². The first-order chi connectivity index (χ1) is 17.0. The van der Waals surface area contributed by atoms with Crippen molar-refractivity contribution in [3.05, 3.63) is 54.7 Å². The summed E-state index contributed by atoms with van der Waals surface area (Å²) in [5.41, 5.74) is 5.23. The Morgan fingerprint density at radius 3 is 2.49 bits per heavy atom. The van der Waals surface area contributed by atoms with E-state index >= 15 is 0 Å². The molecular weight excluding hydrogens is 456 g/mol. The Morgan fingerprint density at radius 2 is 1.83 bits per heavy atom. The van der Waals surface area contributed by atoms with Gasteiger partial charge in [0.25, 0.3) is 0 Å². The van der Waals surface area contributed by atoms with Crippen molar-refractivity contribution in [3.63, 3.8) is 0 Å². The van der Waals surface area contributed by atoms with E-state index in [9.17, 15) is 5.26 Å².